The number of H-pyrrole nitrogens is 1. The molecule has 0 bridgehead atoms. The van der Waals surface area contributed by atoms with Crippen LogP contribution < -0.4 is 10.6 Å². The van der Waals surface area contributed by atoms with Gasteiger partial charge in [0.1, 0.15) is 0 Å². The number of aromatic amines is 1. The highest BCUT2D eigenvalue weighted by atomic mass is 16.1. The van der Waals surface area contributed by atoms with E-state index in [1.54, 1.807) is 6.20 Å². The van der Waals surface area contributed by atoms with Crippen molar-refractivity contribution in [2.24, 2.45) is 0 Å². The molecule has 0 saturated carbocycles. The number of nitrogens with zero attached hydrogens (tertiary/aromatic N) is 2. The maximum absolute atomic E-state index is 12.6. The molecule has 1 aromatic carbocycles. The standard InChI is InChI=1S/C16H15N5O/c22-16(13-9-18-8-10-7-17-6-5-11(10)13)19-15-12-3-1-2-4-14(12)20-21-15/h1-4,8-9,17H,5-7H2,(H2,19,20,21,22). The summed E-state index contributed by atoms with van der Waals surface area (Å²) >= 11 is 0. The summed E-state index contributed by atoms with van der Waals surface area (Å²) in [6.07, 6.45) is 4.29. The fraction of sp³-hybridized carbons (Fsp3) is 0.188. The summed E-state index contributed by atoms with van der Waals surface area (Å²) in [5.41, 5.74) is 3.69. The Morgan fingerprint density at radius 2 is 2.14 bits per heavy atom. The van der Waals surface area contributed by atoms with E-state index in [4.69, 9.17) is 0 Å². The average molecular weight is 293 g/mol. The molecule has 22 heavy (non-hydrogen) atoms. The van der Waals surface area contributed by atoms with Gasteiger partial charge in [0.05, 0.1) is 11.1 Å². The van der Waals surface area contributed by atoms with Gasteiger partial charge in [0.2, 0.25) is 0 Å². The van der Waals surface area contributed by atoms with Crippen molar-refractivity contribution in [2.45, 2.75) is 13.0 Å². The molecule has 4 rings (SSSR count). The first kappa shape index (κ1) is 13.0. The molecule has 1 aliphatic heterocycles. The van der Waals surface area contributed by atoms with Crippen molar-refractivity contribution in [1.29, 1.82) is 0 Å². The Labute approximate surface area is 127 Å². The lowest BCUT2D eigenvalue weighted by Crippen LogP contribution is -2.27. The van der Waals surface area contributed by atoms with Crippen molar-refractivity contribution in [2.75, 3.05) is 11.9 Å². The third-order valence-corrected chi connectivity index (χ3v) is 3.96. The summed E-state index contributed by atoms with van der Waals surface area (Å²) in [7, 11) is 0. The second-order valence-electron chi connectivity index (χ2n) is 5.32. The van der Waals surface area contributed by atoms with Crippen LogP contribution in [0, 0.1) is 0 Å². The van der Waals surface area contributed by atoms with Crippen molar-refractivity contribution in [3.63, 3.8) is 0 Å². The fourth-order valence-electron chi connectivity index (χ4n) is 2.84. The SMILES string of the molecule is O=C(Nc1n[nH]c2ccccc12)c1cncc2c1CCNC2. The zero-order chi connectivity index (χ0) is 14.9. The van der Waals surface area contributed by atoms with E-state index < -0.39 is 0 Å². The number of anilines is 1. The van der Waals surface area contributed by atoms with Crippen LogP contribution in [-0.2, 0) is 13.0 Å². The molecule has 3 N–H and O–H groups in total. The number of carbonyl (C=O) groups is 1. The first-order valence-electron chi connectivity index (χ1n) is 7.24. The average Bonchev–Trinajstić information content (AvgIpc) is 2.97. The van der Waals surface area contributed by atoms with Gasteiger partial charge in [-0.05, 0) is 36.2 Å². The van der Waals surface area contributed by atoms with Gasteiger partial charge in [-0.3, -0.25) is 14.9 Å². The molecule has 6 nitrogen and oxygen atoms in total. The number of para-hydroxylation sites is 1. The van der Waals surface area contributed by atoms with Crippen LogP contribution in [0.1, 0.15) is 21.5 Å². The van der Waals surface area contributed by atoms with Crippen LogP contribution in [0.4, 0.5) is 5.82 Å². The molecule has 0 atom stereocenters. The third-order valence-electron chi connectivity index (χ3n) is 3.96. The number of amides is 1. The quantitative estimate of drug-likeness (QED) is 0.673. The number of benzene rings is 1. The van der Waals surface area contributed by atoms with Crippen molar-refractivity contribution in [3.8, 4) is 0 Å². The summed E-state index contributed by atoms with van der Waals surface area (Å²) in [5.74, 6) is 0.385. The maximum Gasteiger partial charge on any atom is 0.258 e. The smallest absolute Gasteiger partial charge is 0.258 e. The van der Waals surface area contributed by atoms with Gasteiger partial charge in [-0.15, -0.1) is 0 Å². The second-order valence-corrected chi connectivity index (χ2v) is 5.32. The topological polar surface area (TPSA) is 82.7 Å². The van der Waals surface area contributed by atoms with E-state index in [9.17, 15) is 4.79 Å². The zero-order valence-electron chi connectivity index (χ0n) is 11.9. The number of hydrogen-bond acceptors (Lipinski definition) is 4. The zero-order valence-corrected chi connectivity index (χ0v) is 11.9. The summed E-state index contributed by atoms with van der Waals surface area (Å²) in [6, 6.07) is 7.70. The molecule has 110 valence electrons. The fourth-order valence-corrected chi connectivity index (χ4v) is 2.84. The Morgan fingerprint density at radius 1 is 1.23 bits per heavy atom. The Bertz CT molecular complexity index is 855. The predicted octanol–water partition coefficient (Wildman–Crippen LogP) is 1.86. The van der Waals surface area contributed by atoms with Gasteiger partial charge in [-0.25, -0.2) is 0 Å². The van der Waals surface area contributed by atoms with E-state index in [1.165, 1.54) is 0 Å². The van der Waals surface area contributed by atoms with Crippen LogP contribution in [-0.4, -0.2) is 27.6 Å². The van der Waals surface area contributed by atoms with E-state index in [0.29, 0.717) is 11.4 Å². The van der Waals surface area contributed by atoms with Gasteiger partial charge in [-0.1, -0.05) is 12.1 Å². The number of fused-ring (bicyclic) bond motifs is 2. The van der Waals surface area contributed by atoms with Crippen LogP contribution >= 0.6 is 0 Å². The first-order chi connectivity index (χ1) is 10.8. The van der Waals surface area contributed by atoms with E-state index in [1.807, 2.05) is 30.5 Å². The lowest BCUT2D eigenvalue weighted by atomic mass is 9.98. The summed E-state index contributed by atoms with van der Waals surface area (Å²) in [5, 5.41) is 14.2. The largest absolute Gasteiger partial charge is 0.312 e. The van der Waals surface area contributed by atoms with Gasteiger partial charge in [0, 0.05) is 24.3 Å². The number of aromatic nitrogens is 3. The normalized spacial score (nSPS) is 13.8. The van der Waals surface area contributed by atoms with Crippen LogP contribution in [0.2, 0.25) is 0 Å². The Balaban J connectivity index is 1.68. The summed E-state index contributed by atoms with van der Waals surface area (Å²) in [6.45, 7) is 1.64. The first-order valence-corrected chi connectivity index (χ1v) is 7.24. The molecule has 2 aromatic heterocycles. The number of carbonyl (C=O) groups excluding carboxylic acids is 1. The van der Waals surface area contributed by atoms with Gasteiger partial charge < -0.3 is 10.6 Å². The number of hydrogen-bond donors (Lipinski definition) is 3. The minimum atomic E-state index is -0.163. The summed E-state index contributed by atoms with van der Waals surface area (Å²) in [4.78, 5) is 16.8. The van der Waals surface area contributed by atoms with Crippen molar-refractivity contribution >= 4 is 22.6 Å². The number of rotatable bonds is 2. The molecule has 3 aromatic rings. The Kier molecular flexibility index (Phi) is 3.08. The monoisotopic (exact) mass is 293 g/mol. The molecule has 3 heterocycles. The predicted molar refractivity (Wildman–Crippen MR) is 83.7 cm³/mol. The van der Waals surface area contributed by atoms with E-state index in [2.05, 4.69) is 25.8 Å². The van der Waals surface area contributed by atoms with Crippen molar-refractivity contribution < 1.29 is 4.79 Å². The molecule has 1 amide bonds. The minimum Gasteiger partial charge on any atom is -0.312 e. The van der Waals surface area contributed by atoms with E-state index in [0.717, 1.165) is 41.5 Å². The molecule has 0 unspecified atom stereocenters. The third kappa shape index (κ3) is 2.14. The van der Waals surface area contributed by atoms with Crippen molar-refractivity contribution in [3.05, 3.63) is 53.3 Å². The lowest BCUT2D eigenvalue weighted by Gasteiger charge is -2.19. The van der Waals surface area contributed by atoms with Crippen LogP contribution in [0.3, 0.4) is 0 Å². The summed E-state index contributed by atoms with van der Waals surface area (Å²) < 4.78 is 0. The highest BCUT2D eigenvalue weighted by molar-refractivity contribution is 6.08. The van der Waals surface area contributed by atoms with Crippen LogP contribution in [0.5, 0.6) is 0 Å². The highest BCUT2D eigenvalue weighted by Gasteiger charge is 2.19. The van der Waals surface area contributed by atoms with Gasteiger partial charge in [0.25, 0.3) is 5.91 Å². The second kappa shape index (κ2) is 5.23. The van der Waals surface area contributed by atoms with Crippen LogP contribution in [0.25, 0.3) is 10.9 Å². The lowest BCUT2D eigenvalue weighted by molar-refractivity contribution is 0.102. The van der Waals surface area contributed by atoms with Crippen molar-refractivity contribution in [1.82, 2.24) is 20.5 Å². The maximum atomic E-state index is 12.6. The van der Waals surface area contributed by atoms with Gasteiger partial charge in [-0.2, -0.15) is 5.10 Å². The molecule has 0 radical (unpaired) electrons. The number of pyridine rings is 1. The number of nitrogens with one attached hydrogen (secondary N) is 3. The van der Waals surface area contributed by atoms with Gasteiger partial charge in [0.15, 0.2) is 5.82 Å². The van der Waals surface area contributed by atoms with E-state index in [-0.39, 0.29) is 5.91 Å². The molecular formula is C16H15N5O. The molecule has 0 fully saturated rings. The molecule has 6 heteroatoms. The van der Waals surface area contributed by atoms with E-state index >= 15 is 0 Å². The molecule has 0 aliphatic carbocycles. The molecular weight excluding hydrogens is 278 g/mol. The van der Waals surface area contributed by atoms with Crippen LogP contribution in [0.15, 0.2) is 36.7 Å². The molecule has 1 aliphatic rings. The minimum absolute atomic E-state index is 0.163. The van der Waals surface area contributed by atoms with Gasteiger partial charge >= 0.3 is 0 Å². The highest BCUT2D eigenvalue weighted by Crippen LogP contribution is 2.22. The molecule has 0 saturated heterocycles. The molecule has 0 spiro atoms. The Morgan fingerprint density at radius 3 is 3.09 bits per heavy atom. The Hall–Kier alpha value is -2.73.